The van der Waals surface area contributed by atoms with Crippen molar-refractivity contribution in [2.24, 2.45) is 5.73 Å². The van der Waals surface area contributed by atoms with Crippen LogP contribution in [0.25, 0.3) is 0 Å². The number of carbonyl (C=O) groups is 1. The van der Waals surface area contributed by atoms with Gasteiger partial charge < -0.3 is 20.2 Å². The summed E-state index contributed by atoms with van der Waals surface area (Å²) in [5, 5.41) is 2.79. The van der Waals surface area contributed by atoms with E-state index in [1.54, 1.807) is 30.3 Å². The van der Waals surface area contributed by atoms with Crippen molar-refractivity contribution in [3.05, 3.63) is 47.4 Å². The lowest BCUT2D eigenvalue weighted by Crippen LogP contribution is -2.11. The molecule has 0 aliphatic rings. The fourth-order valence-electron chi connectivity index (χ4n) is 1.99. The van der Waals surface area contributed by atoms with E-state index in [2.05, 4.69) is 5.32 Å². The quantitative estimate of drug-likeness (QED) is 0.855. The van der Waals surface area contributed by atoms with E-state index in [0.29, 0.717) is 24.6 Å². The second kappa shape index (κ2) is 8.46. The Morgan fingerprint density at radius 3 is 2.55 bits per heavy atom. The minimum absolute atomic E-state index is 0. The topological polar surface area (TPSA) is 77.5 Å². The second-order valence-corrected chi connectivity index (χ2v) is 4.69. The standard InChI is InChI=1S/C16H20N2O3.ClH/c1-3-14-11(2)10-15(21-14)16(19)18-12-4-6-13(7-5-12)20-9-8-17;/h4-7,10H,3,8-9,17H2,1-2H3,(H,18,19);1H. The lowest BCUT2D eigenvalue weighted by Gasteiger charge is -2.06. The van der Waals surface area contributed by atoms with Crippen LogP contribution in [0.3, 0.4) is 0 Å². The molecule has 2 rings (SSSR count). The van der Waals surface area contributed by atoms with Crippen LogP contribution in [0, 0.1) is 6.92 Å². The fraction of sp³-hybridized carbons (Fsp3) is 0.312. The number of amides is 1. The zero-order valence-corrected chi connectivity index (χ0v) is 13.5. The van der Waals surface area contributed by atoms with Crippen molar-refractivity contribution < 1.29 is 13.9 Å². The van der Waals surface area contributed by atoms with E-state index in [9.17, 15) is 4.79 Å². The van der Waals surface area contributed by atoms with E-state index in [4.69, 9.17) is 14.9 Å². The van der Waals surface area contributed by atoms with Gasteiger partial charge in [0.2, 0.25) is 0 Å². The van der Waals surface area contributed by atoms with Crippen LogP contribution in [0.15, 0.2) is 34.7 Å². The van der Waals surface area contributed by atoms with Gasteiger partial charge in [0.25, 0.3) is 5.91 Å². The van der Waals surface area contributed by atoms with Gasteiger partial charge in [0.05, 0.1) is 0 Å². The summed E-state index contributed by atoms with van der Waals surface area (Å²) in [5.41, 5.74) is 7.05. The highest BCUT2D eigenvalue weighted by atomic mass is 35.5. The van der Waals surface area contributed by atoms with Crippen LogP contribution in [-0.2, 0) is 6.42 Å². The molecule has 0 radical (unpaired) electrons. The van der Waals surface area contributed by atoms with Gasteiger partial charge in [-0.15, -0.1) is 12.4 Å². The molecule has 0 spiro atoms. The van der Waals surface area contributed by atoms with Gasteiger partial charge in [-0.05, 0) is 42.8 Å². The molecule has 1 aromatic heterocycles. The van der Waals surface area contributed by atoms with Gasteiger partial charge in [0.1, 0.15) is 18.1 Å². The number of carbonyl (C=O) groups excluding carboxylic acids is 1. The lowest BCUT2D eigenvalue weighted by molar-refractivity contribution is 0.0995. The van der Waals surface area contributed by atoms with E-state index in [-0.39, 0.29) is 18.3 Å². The van der Waals surface area contributed by atoms with Crippen molar-refractivity contribution in [3.8, 4) is 5.75 Å². The van der Waals surface area contributed by atoms with Gasteiger partial charge in [0.15, 0.2) is 5.76 Å². The molecule has 0 saturated carbocycles. The normalized spacial score (nSPS) is 9.95. The number of hydrogen-bond acceptors (Lipinski definition) is 4. The number of anilines is 1. The van der Waals surface area contributed by atoms with Crippen LogP contribution in [0.2, 0.25) is 0 Å². The number of benzene rings is 1. The number of ether oxygens (including phenoxy) is 1. The summed E-state index contributed by atoms with van der Waals surface area (Å²) in [7, 11) is 0. The van der Waals surface area contributed by atoms with Crippen LogP contribution < -0.4 is 15.8 Å². The summed E-state index contributed by atoms with van der Waals surface area (Å²) in [6.45, 7) is 4.86. The number of furan rings is 1. The summed E-state index contributed by atoms with van der Waals surface area (Å²) < 4.78 is 10.9. The Bertz CT molecular complexity index is 608. The molecule has 0 atom stereocenters. The highest BCUT2D eigenvalue weighted by Crippen LogP contribution is 2.19. The Kier molecular flexibility index (Phi) is 6.95. The van der Waals surface area contributed by atoms with E-state index < -0.39 is 0 Å². The Balaban J connectivity index is 0.00000242. The van der Waals surface area contributed by atoms with Crippen molar-refractivity contribution >= 4 is 24.0 Å². The van der Waals surface area contributed by atoms with Crippen LogP contribution >= 0.6 is 12.4 Å². The molecule has 1 heterocycles. The summed E-state index contributed by atoms with van der Waals surface area (Å²) in [4.78, 5) is 12.1. The molecule has 3 N–H and O–H groups in total. The highest BCUT2D eigenvalue weighted by Gasteiger charge is 2.13. The minimum atomic E-state index is -0.256. The SMILES string of the molecule is CCc1oc(C(=O)Nc2ccc(OCCN)cc2)cc1C.Cl. The van der Waals surface area contributed by atoms with Crippen LogP contribution in [0.4, 0.5) is 5.69 Å². The maximum absolute atomic E-state index is 12.1. The average molecular weight is 325 g/mol. The van der Waals surface area contributed by atoms with Crippen molar-refractivity contribution in [1.82, 2.24) is 0 Å². The van der Waals surface area contributed by atoms with Gasteiger partial charge in [-0.3, -0.25) is 4.79 Å². The first-order valence-electron chi connectivity index (χ1n) is 6.97. The minimum Gasteiger partial charge on any atom is -0.492 e. The van der Waals surface area contributed by atoms with Gasteiger partial charge in [-0.1, -0.05) is 6.92 Å². The van der Waals surface area contributed by atoms with E-state index >= 15 is 0 Å². The molecule has 0 unspecified atom stereocenters. The molecule has 1 amide bonds. The number of hydrogen-bond donors (Lipinski definition) is 2. The predicted molar refractivity (Wildman–Crippen MR) is 89.0 cm³/mol. The third-order valence-corrected chi connectivity index (χ3v) is 3.06. The van der Waals surface area contributed by atoms with E-state index in [0.717, 1.165) is 23.5 Å². The molecule has 1 aromatic carbocycles. The maximum Gasteiger partial charge on any atom is 0.291 e. The van der Waals surface area contributed by atoms with Gasteiger partial charge in [-0.25, -0.2) is 0 Å². The Morgan fingerprint density at radius 1 is 1.32 bits per heavy atom. The van der Waals surface area contributed by atoms with Crippen LogP contribution in [0.1, 0.15) is 28.8 Å². The van der Waals surface area contributed by atoms with Crippen molar-refractivity contribution in [3.63, 3.8) is 0 Å². The largest absolute Gasteiger partial charge is 0.492 e. The van der Waals surface area contributed by atoms with E-state index in [1.165, 1.54) is 0 Å². The summed E-state index contributed by atoms with van der Waals surface area (Å²) in [6, 6.07) is 8.89. The molecular weight excluding hydrogens is 304 g/mol. The molecule has 0 aliphatic carbocycles. The van der Waals surface area contributed by atoms with Gasteiger partial charge in [0, 0.05) is 18.7 Å². The first kappa shape index (κ1) is 18.1. The third-order valence-electron chi connectivity index (χ3n) is 3.06. The first-order valence-corrected chi connectivity index (χ1v) is 6.97. The maximum atomic E-state index is 12.1. The van der Waals surface area contributed by atoms with Gasteiger partial charge >= 0.3 is 0 Å². The fourth-order valence-corrected chi connectivity index (χ4v) is 1.99. The van der Waals surface area contributed by atoms with Crippen molar-refractivity contribution in [1.29, 1.82) is 0 Å². The Labute approximate surface area is 136 Å². The third kappa shape index (κ3) is 4.51. The number of nitrogens with two attached hydrogens (primary N) is 1. The zero-order chi connectivity index (χ0) is 15.2. The lowest BCUT2D eigenvalue weighted by atomic mass is 10.2. The Morgan fingerprint density at radius 2 is 2.00 bits per heavy atom. The average Bonchev–Trinajstić information content (AvgIpc) is 2.88. The number of halogens is 1. The van der Waals surface area contributed by atoms with Crippen LogP contribution in [0.5, 0.6) is 5.75 Å². The molecule has 0 fully saturated rings. The number of rotatable bonds is 6. The van der Waals surface area contributed by atoms with Gasteiger partial charge in [-0.2, -0.15) is 0 Å². The first-order chi connectivity index (χ1) is 10.1. The summed E-state index contributed by atoms with van der Waals surface area (Å²) in [6.07, 6.45) is 0.770. The number of nitrogens with one attached hydrogen (secondary N) is 1. The molecule has 6 heteroatoms. The molecule has 120 valence electrons. The van der Waals surface area contributed by atoms with Crippen LogP contribution in [-0.4, -0.2) is 19.1 Å². The molecule has 5 nitrogen and oxygen atoms in total. The van der Waals surface area contributed by atoms with E-state index in [1.807, 2.05) is 13.8 Å². The number of aryl methyl sites for hydroxylation is 2. The monoisotopic (exact) mass is 324 g/mol. The molecular formula is C16H21ClN2O3. The molecule has 0 bridgehead atoms. The zero-order valence-electron chi connectivity index (χ0n) is 12.7. The highest BCUT2D eigenvalue weighted by molar-refractivity contribution is 6.02. The molecule has 22 heavy (non-hydrogen) atoms. The molecule has 2 aromatic rings. The predicted octanol–water partition coefficient (Wildman–Crippen LogP) is 3.16. The van der Waals surface area contributed by atoms with Crippen molar-refractivity contribution in [2.45, 2.75) is 20.3 Å². The second-order valence-electron chi connectivity index (χ2n) is 4.69. The molecule has 0 saturated heterocycles. The Hall–Kier alpha value is -1.98. The summed E-state index contributed by atoms with van der Waals surface area (Å²) >= 11 is 0. The molecule has 0 aliphatic heterocycles. The van der Waals surface area contributed by atoms with Crippen molar-refractivity contribution in [2.75, 3.05) is 18.5 Å². The smallest absolute Gasteiger partial charge is 0.291 e. The summed E-state index contributed by atoms with van der Waals surface area (Å²) in [5.74, 6) is 1.63.